The first kappa shape index (κ1) is 16.0. The molecule has 6 nitrogen and oxygen atoms in total. The molecule has 7 heteroatoms. The van der Waals surface area contributed by atoms with Gasteiger partial charge >= 0.3 is 0 Å². The lowest BCUT2D eigenvalue weighted by Crippen LogP contribution is -2.47. The summed E-state index contributed by atoms with van der Waals surface area (Å²) in [6, 6.07) is 11.8. The molecule has 0 aliphatic heterocycles. The van der Waals surface area contributed by atoms with Crippen LogP contribution in [-0.2, 0) is 13.0 Å². The van der Waals surface area contributed by atoms with Gasteiger partial charge in [0.1, 0.15) is 5.69 Å². The molecule has 2 aromatic rings. The van der Waals surface area contributed by atoms with Crippen LogP contribution in [0.5, 0.6) is 0 Å². The number of carbonyl (C=O) groups is 1. The summed E-state index contributed by atoms with van der Waals surface area (Å²) in [6.07, 6.45) is 2.45. The third kappa shape index (κ3) is 4.56. The van der Waals surface area contributed by atoms with Crippen molar-refractivity contribution >= 4 is 23.2 Å². The molecule has 1 heterocycles. The Morgan fingerprint density at radius 2 is 2.00 bits per heavy atom. The van der Waals surface area contributed by atoms with E-state index in [1.54, 1.807) is 16.9 Å². The van der Waals surface area contributed by atoms with E-state index in [4.69, 9.17) is 12.2 Å². The van der Waals surface area contributed by atoms with Gasteiger partial charge in [0.15, 0.2) is 5.11 Å². The molecule has 0 unspecified atom stereocenters. The summed E-state index contributed by atoms with van der Waals surface area (Å²) >= 11 is 5.12. The van der Waals surface area contributed by atoms with Crippen LogP contribution < -0.4 is 16.2 Å². The fourth-order valence-electron chi connectivity index (χ4n) is 1.96. The SMILES string of the molecule is CCn1nccc1C(=O)NNC(=S)NCCc1ccccc1. The van der Waals surface area contributed by atoms with Crippen LogP contribution in [0.2, 0.25) is 0 Å². The number of rotatable bonds is 5. The Bertz CT molecular complexity index is 626. The third-order valence-corrected chi connectivity index (χ3v) is 3.33. The van der Waals surface area contributed by atoms with E-state index in [9.17, 15) is 4.79 Å². The van der Waals surface area contributed by atoms with Gasteiger partial charge in [-0.1, -0.05) is 30.3 Å². The quantitative estimate of drug-likeness (QED) is 0.572. The molecule has 0 aliphatic rings. The van der Waals surface area contributed by atoms with Crippen molar-refractivity contribution in [2.45, 2.75) is 19.9 Å². The van der Waals surface area contributed by atoms with Crippen LogP contribution in [0.4, 0.5) is 0 Å². The van der Waals surface area contributed by atoms with Gasteiger partial charge in [-0.2, -0.15) is 5.10 Å². The lowest BCUT2D eigenvalue weighted by Gasteiger charge is -2.12. The molecule has 0 aliphatic carbocycles. The Morgan fingerprint density at radius 3 is 2.73 bits per heavy atom. The fraction of sp³-hybridized carbons (Fsp3) is 0.267. The molecule has 1 aromatic heterocycles. The molecule has 0 saturated heterocycles. The Kier molecular flexibility index (Phi) is 5.91. The molecule has 3 N–H and O–H groups in total. The van der Waals surface area contributed by atoms with Crippen LogP contribution in [0.3, 0.4) is 0 Å². The maximum absolute atomic E-state index is 12.0. The standard InChI is InChI=1S/C15H19N5OS/c1-2-20-13(9-11-17-20)14(21)18-19-15(22)16-10-8-12-6-4-3-5-7-12/h3-7,9,11H,2,8,10H2,1H3,(H,18,21)(H2,16,19,22). The van der Waals surface area contributed by atoms with Crippen LogP contribution in [-0.4, -0.2) is 27.3 Å². The first-order valence-electron chi connectivity index (χ1n) is 7.10. The summed E-state index contributed by atoms with van der Waals surface area (Å²) in [4.78, 5) is 12.0. The zero-order chi connectivity index (χ0) is 15.8. The van der Waals surface area contributed by atoms with Gasteiger partial charge in [-0.3, -0.25) is 20.3 Å². The number of carbonyl (C=O) groups excluding carboxylic acids is 1. The second-order valence-electron chi connectivity index (χ2n) is 4.60. The topological polar surface area (TPSA) is 71.0 Å². The maximum Gasteiger partial charge on any atom is 0.287 e. The van der Waals surface area contributed by atoms with Gasteiger partial charge in [-0.05, 0) is 37.2 Å². The third-order valence-electron chi connectivity index (χ3n) is 3.08. The second kappa shape index (κ2) is 8.14. The van der Waals surface area contributed by atoms with Gasteiger partial charge in [0.05, 0.1) is 0 Å². The van der Waals surface area contributed by atoms with Crippen molar-refractivity contribution in [2.24, 2.45) is 0 Å². The number of aryl methyl sites for hydroxylation is 1. The number of aromatic nitrogens is 2. The average Bonchev–Trinajstić information content (AvgIpc) is 3.02. The number of hydrogen-bond donors (Lipinski definition) is 3. The minimum Gasteiger partial charge on any atom is -0.361 e. The molecule has 0 bridgehead atoms. The van der Waals surface area contributed by atoms with Crippen LogP contribution in [0.1, 0.15) is 23.0 Å². The smallest absolute Gasteiger partial charge is 0.287 e. The molecule has 1 aromatic carbocycles. The van der Waals surface area contributed by atoms with Gasteiger partial charge in [0.25, 0.3) is 5.91 Å². The van der Waals surface area contributed by atoms with Crippen LogP contribution in [0, 0.1) is 0 Å². The number of nitrogens with one attached hydrogen (secondary N) is 3. The van der Waals surface area contributed by atoms with Crippen LogP contribution in [0.15, 0.2) is 42.6 Å². The number of benzene rings is 1. The number of thiocarbonyl (C=S) groups is 1. The van der Waals surface area contributed by atoms with Crippen molar-refractivity contribution < 1.29 is 4.79 Å². The van der Waals surface area contributed by atoms with Crippen molar-refractivity contribution in [1.29, 1.82) is 0 Å². The molecule has 2 rings (SSSR count). The van der Waals surface area contributed by atoms with Crippen LogP contribution >= 0.6 is 12.2 Å². The summed E-state index contributed by atoms with van der Waals surface area (Å²) in [5.74, 6) is -0.272. The monoisotopic (exact) mass is 317 g/mol. The number of hydrogen-bond acceptors (Lipinski definition) is 3. The Labute approximate surface area is 134 Å². The second-order valence-corrected chi connectivity index (χ2v) is 5.01. The minimum absolute atomic E-state index is 0.272. The summed E-state index contributed by atoms with van der Waals surface area (Å²) in [5, 5.41) is 7.47. The van der Waals surface area contributed by atoms with Gasteiger partial charge in [-0.15, -0.1) is 0 Å². The van der Waals surface area contributed by atoms with E-state index in [0.29, 0.717) is 23.9 Å². The number of hydrazine groups is 1. The van der Waals surface area contributed by atoms with E-state index in [-0.39, 0.29) is 5.91 Å². The number of amides is 1. The van der Waals surface area contributed by atoms with Crippen LogP contribution in [0.25, 0.3) is 0 Å². The van der Waals surface area contributed by atoms with Crippen molar-refractivity contribution in [3.05, 3.63) is 53.9 Å². The molecular weight excluding hydrogens is 298 g/mol. The van der Waals surface area contributed by atoms with Crippen molar-refractivity contribution in [3.8, 4) is 0 Å². The maximum atomic E-state index is 12.0. The highest BCUT2D eigenvalue weighted by Crippen LogP contribution is 1.98. The Morgan fingerprint density at radius 1 is 1.23 bits per heavy atom. The highest BCUT2D eigenvalue weighted by molar-refractivity contribution is 7.80. The van der Waals surface area contributed by atoms with E-state index in [2.05, 4.69) is 33.4 Å². The lowest BCUT2D eigenvalue weighted by atomic mass is 10.1. The molecule has 0 atom stereocenters. The lowest BCUT2D eigenvalue weighted by molar-refractivity contribution is 0.0933. The summed E-state index contributed by atoms with van der Waals surface area (Å²) in [5.41, 5.74) is 6.96. The van der Waals surface area contributed by atoms with E-state index in [1.165, 1.54) is 5.56 Å². The molecule has 116 valence electrons. The predicted molar refractivity (Wildman–Crippen MR) is 89.2 cm³/mol. The normalized spacial score (nSPS) is 10.0. The first-order valence-corrected chi connectivity index (χ1v) is 7.51. The van der Waals surface area contributed by atoms with E-state index in [0.717, 1.165) is 6.42 Å². The predicted octanol–water partition coefficient (Wildman–Crippen LogP) is 1.25. The van der Waals surface area contributed by atoms with E-state index in [1.807, 2.05) is 25.1 Å². The Hall–Kier alpha value is -2.41. The van der Waals surface area contributed by atoms with Crippen molar-refractivity contribution in [1.82, 2.24) is 25.9 Å². The van der Waals surface area contributed by atoms with Gasteiger partial charge in [0, 0.05) is 19.3 Å². The average molecular weight is 317 g/mol. The van der Waals surface area contributed by atoms with E-state index >= 15 is 0 Å². The summed E-state index contributed by atoms with van der Waals surface area (Å²) in [7, 11) is 0. The highest BCUT2D eigenvalue weighted by atomic mass is 32.1. The zero-order valence-corrected chi connectivity index (χ0v) is 13.2. The summed E-state index contributed by atoms with van der Waals surface area (Å²) in [6.45, 7) is 3.25. The molecule has 0 spiro atoms. The van der Waals surface area contributed by atoms with E-state index < -0.39 is 0 Å². The molecule has 22 heavy (non-hydrogen) atoms. The number of nitrogens with zero attached hydrogens (tertiary/aromatic N) is 2. The van der Waals surface area contributed by atoms with Crippen molar-refractivity contribution in [2.75, 3.05) is 6.54 Å². The molecule has 0 fully saturated rings. The highest BCUT2D eigenvalue weighted by Gasteiger charge is 2.10. The van der Waals surface area contributed by atoms with Gasteiger partial charge < -0.3 is 5.32 Å². The minimum atomic E-state index is -0.272. The molecule has 0 saturated carbocycles. The first-order chi connectivity index (χ1) is 10.7. The molecular formula is C15H19N5OS. The van der Waals surface area contributed by atoms with Gasteiger partial charge in [-0.25, -0.2) is 0 Å². The van der Waals surface area contributed by atoms with Gasteiger partial charge in [0.2, 0.25) is 0 Å². The largest absolute Gasteiger partial charge is 0.361 e. The molecule has 0 radical (unpaired) electrons. The fourth-order valence-corrected chi connectivity index (χ4v) is 2.12. The Balaban J connectivity index is 1.70. The summed E-state index contributed by atoms with van der Waals surface area (Å²) < 4.78 is 1.61. The zero-order valence-electron chi connectivity index (χ0n) is 12.4. The van der Waals surface area contributed by atoms with Crippen molar-refractivity contribution in [3.63, 3.8) is 0 Å². The molecule has 1 amide bonds.